The fraction of sp³-hybridized carbons (Fsp3) is 0.269. The summed E-state index contributed by atoms with van der Waals surface area (Å²) in [5, 5.41) is 23.1. The Morgan fingerprint density at radius 1 is 1.13 bits per heavy atom. The van der Waals surface area contributed by atoms with E-state index in [9.17, 15) is 15.3 Å². The summed E-state index contributed by atoms with van der Waals surface area (Å²) in [5.74, 6) is -0.305. The Bertz CT molecular complexity index is 1250. The number of nitrogens with zero attached hydrogens (tertiary/aromatic N) is 3. The van der Waals surface area contributed by atoms with Crippen molar-refractivity contribution in [3.05, 3.63) is 76.5 Å². The molecular formula is C26H24N4O. The molecule has 0 unspecified atom stereocenters. The third-order valence-corrected chi connectivity index (χ3v) is 6.09. The number of carbonyl (C=O) groups is 1. The van der Waals surface area contributed by atoms with Gasteiger partial charge in [-0.15, -0.1) is 0 Å². The van der Waals surface area contributed by atoms with E-state index in [4.69, 9.17) is 0 Å². The van der Waals surface area contributed by atoms with E-state index in [0.29, 0.717) is 12.1 Å². The van der Waals surface area contributed by atoms with Crippen LogP contribution in [0.25, 0.3) is 17.0 Å². The Hall–Kier alpha value is -3.83. The molecule has 154 valence electrons. The molecule has 0 saturated heterocycles. The van der Waals surface area contributed by atoms with Crippen LogP contribution in [0, 0.1) is 29.6 Å². The Labute approximate surface area is 182 Å². The highest BCUT2D eigenvalue weighted by Gasteiger charge is 2.21. The van der Waals surface area contributed by atoms with Crippen LogP contribution >= 0.6 is 0 Å². The molecule has 1 aliphatic rings. The van der Waals surface area contributed by atoms with Gasteiger partial charge in [0, 0.05) is 34.7 Å². The number of aromatic nitrogens is 1. The van der Waals surface area contributed by atoms with Gasteiger partial charge < -0.3 is 9.88 Å². The summed E-state index contributed by atoms with van der Waals surface area (Å²) in [6, 6.07) is 20.0. The maximum atomic E-state index is 12.7. The predicted molar refractivity (Wildman–Crippen MR) is 121 cm³/mol. The largest absolute Gasteiger partial charge is 0.349 e. The van der Waals surface area contributed by atoms with Crippen molar-refractivity contribution in [2.45, 2.75) is 45.2 Å². The molecule has 2 aromatic carbocycles. The van der Waals surface area contributed by atoms with E-state index >= 15 is 0 Å². The second-order valence-corrected chi connectivity index (χ2v) is 8.00. The number of amides is 1. The fourth-order valence-corrected chi connectivity index (χ4v) is 4.41. The Balaban J connectivity index is 1.75. The lowest BCUT2D eigenvalue weighted by atomic mass is 10.1. The van der Waals surface area contributed by atoms with Crippen molar-refractivity contribution in [1.29, 1.82) is 10.5 Å². The normalized spacial score (nSPS) is 14.4. The molecule has 1 aliphatic carbocycles. The second-order valence-electron chi connectivity index (χ2n) is 8.00. The summed E-state index contributed by atoms with van der Waals surface area (Å²) < 4.78 is 2.14. The van der Waals surface area contributed by atoms with Gasteiger partial charge in [-0.1, -0.05) is 49.2 Å². The number of hydrogen-bond acceptors (Lipinski definition) is 3. The lowest BCUT2D eigenvalue weighted by molar-refractivity contribution is -0.117. The summed E-state index contributed by atoms with van der Waals surface area (Å²) in [4.78, 5) is 12.7. The highest BCUT2D eigenvalue weighted by molar-refractivity contribution is 6.04. The SMILES string of the molecule is Cc1c(/C=C(/C#N)C(=O)NC2CCCC2)c2ccccc2n1Cc1ccccc1C#N. The van der Waals surface area contributed by atoms with Crippen LogP contribution in [0.4, 0.5) is 0 Å². The van der Waals surface area contributed by atoms with Crippen molar-refractivity contribution in [3.63, 3.8) is 0 Å². The van der Waals surface area contributed by atoms with Gasteiger partial charge in [0.05, 0.1) is 11.6 Å². The number of fused-ring (bicyclic) bond motifs is 1. The van der Waals surface area contributed by atoms with Gasteiger partial charge >= 0.3 is 0 Å². The highest BCUT2D eigenvalue weighted by Crippen LogP contribution is 2.29. The van der Waals surface area contributed by atoms with E-state index in [0.717, 1.165) is 53.4 Å². The summed E-state index contributed by atoms with van der Waals surface area (Å²) >= 11 is 0. The number of para-hydroxylation sites is 1. The van der Waals surface area contributed by atoms with Gasteiger partial charge in [0.15, 0.2) is 0 Å². The molecule has 0 bridgehead atoms. The summed E-state index contributed by atoms with van der Waals surface area (Å²) in [6.45, 7) is 2.53. The number of carbonyl (C=O) groups excluding carboxylic acids is 1. The first kappa shape index (κ1) is 20.4. The standard InChI is InChI=1S/C26H24N4O/c1-18-24(14-21(16-28)26(31)29-22-10-4-5-11-22)23-12-6-7-13-25(23)30(18)17-20-9-3-2-8-19(20)15-27/h2-3,6-9,12-14,22H,4-5,10-11,17H2,1H3,(H,29,31)/b21-14-. The zero-order valence-corrected chi connectivity index (χ0v) is 17.6. The topological polar surface area (TPSA) is 81.6 Å². The molecule has 31 heavy (non-hydrogen) atoms. The van der Waals surface area contributed by atoms with Gasteiger partial charge in [0.1, 0.15) is 11.6 Å². The van der Waals surface area contributed by atoms with Crippen LogP contribution in [0.5, 0.6) is 0 Å². The molecule has 1 amide bonds. The molecule has 1 heterocycles. The lowest BCUT2D eigenvalue weighted by Gasteiger charge is -2.11. The molecule has 0 atom stereocenters. The van der Waals surface area contributed by atoms with Gasteiger partial charge in [0.2, 0.25) is 0 Å². The van der Waals surface area contributed by atoms with Crippen LogP contribution in [-0.4, -0.2) is 16.5 Å². The van der Waals surface area contributed by atoms with Crippen LogP contribution < -0.4 is 5.32 Å². The Morgan fingerprint density at radius 3 is 2.58 bits per heavy atom. The van der Waals surface area contributed by atoms with Crippen LogP contribution in [0.15, 0.2) is 54.1 Å². The number of hydrogen-bond donors (Lipinski definition) is 1. The van der Waals surface area contributed by atoms with Gasteiger partial charge in [-0.25, -0.2) is 0 Å². The number of rotatable bonds is 5. The van der Waals surface area contributed by atoms with E-state index < -0.39 is 0 Å². The molecule has 5 nitrogen and oxygen atoms in total. The third kappa shape index (κ3) is 4.09. The predicted octanol–water partition coefficient (Wildman–Crippen LogP) is 4.84. The first-order valence-corrected chi connectivity index (χ1v) is 10.6. The van der Waals surface area contributed by atoms with Crippen LogP contribution in [-0.2, 0) is 11.3 Å². The van der Waals surface area contributed by atoms with Crippen molar-refractivity contribution < 1.29 is 4.79 Å². The molecule has 1 aromatic heterocycles. The van der Waals surface area contributed by atoms with Gasteiger partial charge in [-0.3, -0.25) is 4.79 Å². The van der Waals surface area contributed by atoms with Crippen molar-refractivity contribution in [3.8, 4) is 12.1 Å². The van der Waals surface area contributed by atoms with Crippen molar-refractivity contribution in [2.75, 3.05) is 0 Å². The highest BCUT2D eigenvalue weighted by atomic mass is 16.1. The summed E-state index contributed by atoms with van der Waals surface area (Å²) in [7, 11) is 0. The van der Waals surface area contributed by atoms with Gasteiger partial charge in [0.25, 0.3) is 5.91 Å². The first-order chi connectivity index (χ1) is 15.1. The van der Waals surface area contributed by atoms with E-state index in [-0.39, 0.29) is 17.5 Å². The molecule has 0 radical (unpaired) electrons. The minimum absolute atomic E-state index is 0.121. The summed E-state index contributed by atoms with van der Waals surface area (Å²) in [6.07, 6.45) is 5.89. The molecular weight excluding hydrogens is 384 g/mol. The molecule has 1 N–H and O–H groups in total. The molecule has 0 aliphatic heterocycles. The van der Waals surface area contributed by atoms with Crippen molar-refractivity contribution in [1.82, 2.24) is 9.88 Å². The smallest absolute Gasteiger partial charge is 0.262 e. The molecule has 3 aromatic rings. The molecule has 1 saturated carbocycles. The minimum atomic E-state index is -0.305. The zero-order valence-electron chi connectivity index (χ0n) is 17.6. The Kier molecular flexibility index (Phi) is 5.87. The second kappa shape index (κ2) is 8.90. The Morgan fingerprint density at radius 2 is 1.84 bits per heavy atom. The first-order valence-electron chi connectivity index (χ1n) is 10.6. The van der Waals surface area contributed by atoms with Crippen LogP contribution in [0.3, 0.4) is 0 Å². The minimum Gasteiger partial charge on any atom is -0.349 e. The summed E-state index contributed by atoms with van der Waals surface area (Å²) in [5.41, 5.74) is 4.52. The quantitative estimate of drug-likeness (QED) is 0.485. The van der Waals surface area contributed by atoms with E-state index in [1.807, 2.05) is 55.5 Å². The maximum Gasteiger partial charge on any atom is 0.262 e. The van der Waals surface area contributed by atoms with Gasteiger partial charge in [-0.2, -0.15) is 10.5 Å². The maximum absolute atomic E-state index is 12.7. The lowest BCUT2D eigenvalue weighted by Crippen LogP contribution is -2.33. The van der Waals surface area contributed by atoms with E-state index in [1.54, 1.807) is 6.08 Å². The van der Waals surface area contributed by atoms with Crippen molar-refractivity contribution in [2.24, 2.45) is 0 Å². The third-order valence-electron chi connectivity index (χ3n) is 6.09. The average Bonchev–Trinajstić information content (AvgIpc) is 3.39. The fourth-order valence-electron chi connectivity index (χ4n) is 4.41. The molecule has 0 spiro atoms. The number of nitriles is 2. The van der Waals surface area contributed by atoms with Gasteiger partial charge in [-0.05, 0) is 43.5 Å². The number of nitrogens with one attached hydrogen (secondary N) is 1. The number of benzene rings is 2. The van der Waals surface area contributed by atoms with Crippen LogP contribution in [0.2, 0.25) is 0 Å². The zero-order chi connectivity index (χ0) is 21.8. The average molecular weight is 409 g/mol. The van der Waals surface area contributed by atoms with E-state index in [2.05, 4.69) is 22.0 Å². The van der Waals surface area contributed by atoms with Crippen LogP contribution in [0.1, 0.15) is 48.1 Å². The molecule has 4 rings (SSSR count). The molecule has 1 fully saturated rings. The monoisotopic (exact) mass is 408 g/mol. The molecule has 5 heteroatoms. The van der Waals surface area contributed by atoms with Crippen molar-refractivity contribution >= 4 is 22.9 Å². The van der Waals surface area contributed by atoms with E-state index in [1.165, 1.54) is 0 Å².